The van der Waals surface area contributed by atoms with E-state index in [1.54, 1.807) is 6.20 Å². The maximum atomic E-state index is 13.2. The molecular weight excluding hydrogens is 435 g/mol. The molecule has 1 aromatic heterocycles. The summed E-state index contributed by atoms with van der Waals surface area (Å²) in [6.45, 7) is 4.40. The van der Waals surface area contributed by atoms with Crippen molar-refractivity contribution in [1.29, 1.82) is 0 Å². The van der Waals surface area contributed by atoms with E-state index in [0.717, 1.165) is 48.7 Å². The van der Waals surface area contributed by atoms with Crippen LogP contribution >= 0.6 is 24.0 Å². The minimum Gasteiger partial charge on any atom is -0.494 e. The number of carbonyl (C=O) groups is 1. The highest BCUT2D eigenvalue weighted by atomic mass is 35.5. The molecule has 0 atom stereocenters. The van der Waals surface area contributed by atoms with Crippen molar-refractivity contribution in [2.24, 2.45) is 0 Å². The predicted molar refractivity (Wildman–Crippen MR) is 126 cm³/mol. The zero-order valence-corrected chi connectivity index (χ0v) is 18.9. The van der Waals surface area contributed by atoms with E-state index in [4.69, 9.17) is 16.3 Å². The van der Waals surface area contributed by atoms with Crippen LogP contribution in [0.4, 0.5) is 5.69 Å². The number of hydrogen-bond donors (Lipinski definition) is 2. The van der Waals surface area contributed by atoms with Gasteiger partial charge in [-0.05, 0) is 81.4 Å². The maximum absolute atomic E-state index is 13.2. The number of nitrogens with zero attached hydrogens (tertiary/aromatic N) is 2. The van der Waals surface area contributed by atoms with Crippen molar-refractivity contribution in [2.45, 2.75) is 25.7 Å². The highest BCUT2D eigenvalue weighted by molar-refractivity contribution is 6.30. The Balaban J connectivity index is 0.00000272. The van der Waals surface area contributed by atoms with Crippen LogP contribution < -0.4 is 15.4 Å². The SMILES string of the molecule is CCOc1ccc(NC(=O)c2cnn(-c3ccc(Cl)cc3)c2C2CCNCC2)cc1.Cl. The minimum absolute atomic E-state index is 0. The molecule has 0 spiro atoms. The first-order valence-electron chi connectivity index (χ1n) is 10.2. The van der Waals surface area contributed by atoms with Crippen LogP contribution in [0.1, 0.15) is 41.7 Å². The third kappa shape index (κ3) is 5.39. The van der Waals surface area contributed by atoms with Gasteiger partial charge in [-0.3, -0.25) is 4.79 Å². The molecule has 0 saturated carbocycles. The van der Waals surface area contributed by atoms with Crippen LogP contribution in [0.3, 0.4) is 0 Å². The predicted octanol–water partition coefficient (Wildman–Crippen LogP) is 5.07. The van der Waals surface area contributed by atoms with Crippen LogP contribution in [0.25, 0.3) is 5.69 Å². The molecule has 2 N–H and O–H groups in total. The summed E-state index contributed by atoms with van der Waals surface area (Å²) < 4.78 is 7.34. The lowest BCUT2D eigenvalue weighted by molar-refractivity contribution is 0.102. The molecule has 0 aliphatic carbocycles. The zero-order valence-electron chi connectivity index (χ0n) is 17.3. The molecule has 4 rings (SSSR count). The summed E-state index contributed by atoms with van der Waals surface area (Å²) in [7, 11) is 0. The van der Waals surface area contributed by atoms with E-state index in [9.17, 15) is 4.79 Å². The lowest BCUT2D eigenvalue weighted by atomic mass is 9.91. The second kappa shape index (κ2) is 10.7. The van der Waals surface area contributed by atoms with Gasteiger partial charge >= 0.3 is 0 Å². The van der Waals surface area contributed by atoms with Gasteiger partial charge in [0, 0.05) is 16.6 Å². The van der Waals surface area contributed by atoms with Crippen molar-refractivity contribution in [1.82, 2.24) is 15.1 Å². The van der Waals surface area contributed by atoms with Crippen molar-refractivity contribution in [3.63, 3.8) is 0 Å². The van der Waals surface area contributed by atoms with Gasteiger partial charge in [-0.25, -0.2) is 4.68 Å². The topological polar surface area (TPSA) is 68.2 Å². The number of amides is 1. The molecule has 8 heteroatoms. The highest BCUT2D eigenvalue weighted by Gasteiger charge is 2.27. The standard InChI is InChI=1S/C23H25ClN4O2.ClH/c1-2-30-20-9-5-18(6-10-20)27-23(29)21-15-26-28(19-7-3-17(24)4-8-19)22(21)16-11-13-25-14-12-16;/h3-10,15-16,25H,2,11-14H2,1H3,(H,27,29);1H. The van der Waals surface area contributed by atoms with E-state index in [-0.39, 0.29) is 24.2 Å². The normalized spacial score (nSPS) is 14.0. The molecule has 0 bridgehead atoms. The summed E-state index contributed by atoms with van der Waals surface area (Å²) in [5, 5.41) is 11.6. The van der Waals surface area contributed by atoms with E-state index in [2.05, 4.69) is 15.7 Å². The number of piperidine rings is 1. The van der Waals surface area contributed by atoms with Crippen molar-refractivity contribution in [3.05, 3.63) is 71.0 Å². The third-order valence-electron chi connectivity index (χ3n) is 5.27. The maximum Gasteiger partial charge on any atom is 0.259 e. The zero-order chi connectivity index (χ0) is 20.9. The molecule has 1 fully saturated rings. The average Bonchev–Trinajstić information content (AvgIpc) is 3.22. The first-order valence-corrected chi connectivity index (χ1v) is 10.6. The van der Waals surface area contributed by atoms with Crippen molar-refractivity contribution < 1.29 is 9.53 Å². The fourth-order valence-electron chi connectivity index (χ4n) is 3.81. The quantitative estimate of drug-likeness (QED) is 0.538. The van der Waals surface area contributed by atoms with E-state index < -0.39 is 0 Å². The van der Waals surface area contributed by atoms with Crippen molar-refractivity contribution >= 4 is 35.6 Å². The van der Waals surface area contributed by atoms with Gasteiger partial charge < -0.3 is 15.4 Å². The fraction of sp³-hybridized carbons (Fsp3) is 0.304. The lowest BCUT2D eigenvalue weighted by Crippen LogP contribution is -2.29. The van der Waals surface area contributed by atoms with E-state index in [1.807, 2.05) is 60.1 Å². The number of anilines is 1. The van der Waals surface area contributed by atoms with Crippen LogP contribution in [0.2, 0.25) is 5.02 Å². The molecular formula is C23H26Cl2N4O2. The molecule has 1 saturated heterocycles. The molecule has 31 heavy (non-hydrogen) atoms. The molecule has 3 aromatic rings. The van der Waals surface area contributed by atoms with Gasteiger partial charge in [0.1, 0.15) is 5.75 Å². The number of nitrogens with one attached hydrogen (secondary N) is 2. The van der Waals surface area contributed by atoms with Gasteiger partial charge in [0.2, 0.25) is 0 Å². The highest BCUT2D eigenvalue weighted by Crippen LogP contribution is 2.31. The van der Waals surface area contributed by atoms with Crippen LogP contribution in [0.5, 0.6) is 5.75 Å². The number of carbonyl (C=O) groups excluding carboxylic acids is 1. The summed E-state index contributed by atoms with van der Waals surface area (Å²) >= 11 is 6.05. The van der Waals surface area contributed by atoms with Crippen LogP contribution in [-0.4, -0.2) is 35.4 Å². The number of halogens is 2. The van der Waals surface area contributed by atoms with Gasteiger partial charge in [0.25, 0.3) is 5.91 Å². The van der Waals surface area contributed by atoms with Gasteiger partial charge in [-0.15, -0.1) is 12.4 Å². The Morgan fingerprint density at radius 3 is 2.48 bits per heavy atom. The van der Waals surface area contributed by atoms with Crippen molar-refractivity contribution in [3.8, 4) is 11.4 Å². The Hall–Kier alpha value is -2.54. The number of aromatic nitrogens is 2. The molecule has 2 aromatic carbocycles. The second-order valence-corrected chi connectivity index (χ2v) is 7.70. The summed E-state index contributed by atoms with van der Waals surface area (Å²) in [6.07, 6.45) is 3.58. The largest absolute Gasteiger partial charge is 0.494 e. The fourth-order valence-corrected chi connectivity index (χ4v) is 3.93. The van der Waals surface area contributed by atoms with E-state index >= 15 is 0 Å². The Bertz CT molecular complexity index is 997. The van der Waals surface area contributed by atoms with E-state index in [0.29, 0.717) is 17.2 Å². The number of ether oxygens (including phenoxy) is 1. The molecule has 1 aliphatic rings. The molecule has 0 unspecified atom stereocenters. The smallest absolute Gasteiger partial charge is 0.259 e. The molecule has 6 nitrogen and oxygen atoms in total. The second-order valence-electron chi connectivity index (χ2n) is 7.27. The number of hydrogen-bond acceptors (Lipinski definition) is 4. The lowest BCUT2D eigenvalue weighted by Gasteiger charge is -2.24. The molecule has 1 amide bonds. The van der Waals surface area contributed by atoms with Gasteiger partial charge in [0.05, 0.1) is 29.7 Å². The van der Waals surface area contributed by atoms with Gasteiger partial charge in [-0.1, -0.05) is 11.6 Å². The van der Waals surface area contributed by atoms with Gasteiger partial charge in [0.15, 0.2) is 0 Å². The molecule has 1 aliphatic heterocycles. The minimum atomic E-state index is -0.159. The Morgan fingerprint density at radius 1 is 1.16 bits per heavy atom. The van der Waals surface area contributed by atoms with Crippen LogP contribution in [0, 0.1) is 0 Å². The molecule has 0 radical (unpaired) electrons. The monoisotopic (exact) mass is 460 g/mol. The summed E-state index contributed by atoms with van der Waals surface area (Å²) in [4.78, 5) is 13.2. The Kier molecular flexibility index (Phi) is 7.96. The first kappa shape index (κ1) is 23.1. The van der Waals surface area contributed by atoms with Crippen LogP contribution in [0.15, 0.2) is 54.7 Å². The summed E-state index contributed by atoms with van der Waals surface area (Å²) in [5.41, 5.74) is 3.17. The molecule has 164 valence electrons. The summed E-state index contributed by atoms with van der Waals surface area (Å²) in [6, 6.07) is 14.9. The van der Waals surface area contributed by atoms with Crippen LogP contribution in [-0.2, 0) is 0 Å². The Labute approximate surface area is 193 Å². The van der Waals surface area contributed by atoms with Crippen molar-refractivity contribution in [2.75, 3.05) is 25.0 Å². The average molecular weight is 461 g/mol. The summed E-state index contributed by atoms with van der Waals surface area (Å²) in [5.74, 6) is 0.875. The number of benzene rings is 2. The molecule has 2 heterocycles. The number of rotatable bonds is 6. The van der Waals surface area contributed by atoms with Gasteiger partial charge in [-0.2, -0.15) is 5.10 Å². The third-order valence-corrected chi connectivity index (χ3v) is 5.52. The van der Waals surface area contributed by atoms with E-state index in [1.165, 1.54) is 0 Å². The first-order chi connectivity index (χ1) is 14.7. The Morgan fingerprint density at radius 2 is 1.84 bits per heavy atom.